The van der Waals surface area contributed by atoms with Gasteiger partial charge in [0.15, 0.2) is 0 Å². The van der Waals surface area contributed by atoms with Gasteiger partial charge in [-0.3, -0.25) is 9.59 Å². The maximum Gasteiger partial charge on any atom is 0.147 e. The Hall–Kier alpha value is -2.52. The van der Waals surface area contributed by atoms with Gasteiger partial charge in [-0.2, -0.15) is 0 Å². The molecule has 1 heterocycles. The average Bonchev–Trinajstić information content (AvgIpc) is 3.25. The number of benzene rings is 2. The molecular weight excluding hydrogens is 376 g/mol. The van der Waals surface area contributed by atoms with Crippen LogP contribution in [0.5, 0.6) is 0 Å². The molecule has 29 heavy (non-hydrogen) atoms. The summed E-state index contributed by atoms with van der Waals surface area (Å²) in [4.78, 5) is 29.0. The summed E-state index contributed by atoms with van der Waals surface area (Å²) in [6, 6.07) is 20.7. The van der Waals surface area contributed by atoms with Gasteiger partial charge in [-0.1, -0.05) is 74.5 Å². The van der Waals surface area contributed by atoms with Crippen LogP contribution in [0.4, 0.5) is 0 Å². The summed E-state index contributed by atoms with van der Waals surface area (Å²) in [5.74, 6) is 0.274. The lowest BCUT2D eigenvalue weighted by molar-refractivity contribution is -0.147. The zero-order chi connectivity index (χ0) is 20.2. The molecule has 146 valence electrons. The summed E-state index contributed by atoms with van der Waals surface area (Å²) < 4.78 is 0. The number of ketones is 2. The molecule has 3 heteroatoms. The lowest BCUT2D eigenvalue weighted by Gasteiger charge is -2.38. The Morgan fingerprint density at radius 1 is 0.655 bits per heavy atom. The molecule has 5 rings (SSSR count). The van der Waals surface area contributed by atoms with E-state index < -0.39 is 5.41 Å². The monoisotopic (exact) mass is 400 g/mol. The summed E-state index contributed by atoms with van der Waals surface area (Å²) in [5.41, 5.74) is 3.69. The third-order valence-electron chi connectivity index (χ3n) is 6.49. The third-order valence-corrected chi connectivity index (χ3v) is 7.86. The Kier molecular flexibility index (Phi) is 4.15. The number of fused-ring (bicyclic) bond motifs is 1. The van der Waals surface area contributed by atoms with Gasteiger partial charge in [0.2, 0.25) is 0 Å². The van der Waals surface area contributed by atoms with E-state index in [9.17, 15) is 9.59 Å². The van der Waals surface area contributed by atoms with Crippen LogP contribution in [-0.2, 0) is 22.4 Å². The van der Waals surface area contributed by atoms with Gasteiger partial charge in [-0.15, -0.1) is 11.3 Å². The van der Waals surface area contributed by atoms with Crippen LogP contribution in [0.2, 0.25) is 0 Å². The lowest BCUT2D eigenvalue weighted by atomic mass is 9.62. The fourth-order valence-electron chi connectivity index (χ4n) is 5.00. The van der Waals surface area contributed by atoms with Gasteiger partial charge in [-0.05, 0) is 40.5 Å². The number of hydrogen-bond acceptors (Lipinski definition) is 3. The highest BCUT2D eigenvalue weighted by Gasteiger charge is 2.55. The Balaban J connectivity index is 1.67. The van der Waals surface area contributed by atoms with E-state index in [1.807, 2.05) is 50.2 Å². The molecule has 0 atom stereocenters. The first kappa shape index (κ1) is 18.5. The topological polar surface area (TPSA) is 34.1 Å². The molecule has 0 unspecified atom stereocenters. The maximum atomic E-state index is 13.3. The Morgan fingerprint density at radius 3 is 1.48 bits per heavy atom. The summed E-state index contributed by atoms with van der Waals surface area (Å²) in [5, 5.41) is 0. The summed E-state index contributed by atoms with van der Waals surface area (Å²) >= 11 is 1.80. The minimum Gasteiger partial charge on any atom is -0.299 e. The van der Waals surface area contributed by atoms with E-state index in [1.165, 1.54) is 32.0 Å². The average molecular weight is 401 g/mol. The van der Waals surface area contributed by atoms with Crippen LogP contribution in [0.25, 0.3) is 20.9 Å². The van der Waals surface area contributed by atoms with Crippen LogP contribution in [-0.4, -0.2) is 11.6 Å². The SMILES string of the molecule is CC1(C)CC(=O)C2(Cc3c(-c4ccccc4)sc(-c4ccccc4)c3C2)C(=O)C1. The van der Waals surface area contributed by atoms with Gasteiger partial charge in [0, 0.05) is 22.6 Å². The van der Waals surface area contributed by atoms with Crippen LogP contribution in [0.15, 0.2) is 60.7 Å². The van der Waals surface area contributed by atoms with E-state index >= 15 is 0 Å². The van der Waals surface area contributed by atoms with Gasteiger partial charge < -0.3 is 0 Å². The van der Waals surface area contributed by atoms with Gasteiger partial charge >= 0.3 is 0 Å². The van der Waals surface area contributed by atoms with Gasteiger partial charge in [0.1, 0.15) is 11.6 Å². The zero-order valence-corrected chi connectivity index (χ0v) is 17.6. The maximum absolute atomic E-state index is 13.3. The molecule has 2 aliphatic carbocycles. The molecule has 2 aromatic carbocycles. The summed E-state index contributed by atoms with van der Waals surface area (Å²) in [6.45, 7) is 4.06. The largest absolute Gasteiger partial charge is 0.299 e. The molecule has 0 bridgehead atoms. The van der Waals surface area contributed by atoms with E-state index in [0.29, 0.717) is 25.7 Å². The van der Waals surface area contributed by atoms with E-state index in [1.54, 1.807) is 11.3 Å². The van der Waals surface area contributed by atoms with Crippen molar-refractivity contribution in [1.29, 1.82) is 0 Å². The van der Waals surface area contributed by atoms with Crippen molar-refractivity contribution in [3.8, 4) is 20.9 Å². The standard InChI is InChI=1S/C26H24O2S/c1-25(2)15-21(27)26(22(28)16-25)13-19-20(14-26)24(18-11-7-4-8-12-18)29-23(19)17-9-5-3-6-10-17/h3-12H,13-16H2,1-2H3. The molecule has 1 fully saturated rings. The lowest BCUT2D eigenvalue weighted by Crippen LogP contribution is -2.48. The summed E-state index contributed by atoms with van der Waals surface area (Å²) in [6.07, 6.45) is 2.11. The molecular formula is C26H24O2S. The van der Waals surface area contributed by atoms with Crippen molar-refractivity contribution in [2.24, 2.45) is 10.8 Å². The predicted molar refractivity (Wildman–Crippen MR) is 118 cm³/mol. The fourth-order valence-corrected chi connectivity index (χ4v) is 6.35. The van der Waals surface area contributed by atoms with E-state index in [2.05, 4.69) is 24.3 Å². The van der Waals surface area contributed by atoms with E-state index in [0.717, 1.165) is 0 Å². The summed E-state index contributed by atoms with van der Waals surface area (Å²) in [7, 11) is 0. The van der Waals surface area contributed by atoms with Crippen molar-refractivity contribution in [3.05, 3.63) is 71.8 Å². The third kappa shape index (κ3) is 2.91. The van der Waals surface area contributed by atoms with Crippen molar-refractivity contribution < 1.29 is 9.59 Å². The van der Waals surface area contributed by atoms with Gasteiger partial charge in [-0.25, -0.2) is 0 Å². The number of thiophene rings is 1. The minimum absolute atomic E-state index is 0.137. The first-order valence-electron chi connectivity index (χ1n) is 10.2. The molecule has 3 aromatic rings. The Bertz CT molecular complexity index is 1020. The number of carbonyl (C=O) groups is 2. The predicted octanol–water partition coefficient (Wildman–Crippen LogP) is 6.13. The van der Waals surface area contributed by atoms with Crippen molar-refractivity contribution in [2.75, 3.05) is 0 Å². The number of hydrogen-bond donors (Lipinski definition) is 0. The normalized spacial score (nSPS) is 19.5. The molecule has 1 saturated carbocycles. The molecule has 2 nitrogen and oxygen atoms in total. The van der Waals surface area contributed by atoms with Crippen molar-refractivity contribution in [3.63, 3.8) is 0 Å². The van der Waals surface area contributed by atoms with Crippen LogP contribution < -0.4 is 0 Å². The molecule has 0 saturated heterocycles. The second-order valence-electron chi connectivity index (χ2n) is 9.25. The van der Waals surface area contributed by atoms with Gasteiger partial charge in [0.05, 0.1) is 5.41 Å². The van der Waals surface area contributed by atoms with Crippen molar-refractivity contribution in [2.45, 2.75) is 39.5 Å². The van der Waals surface area contributed by atoms with Crippen LogP contribution >= 0.6 is 11.3 Å². The van der Waals surface area contributed by atoms with E-state index in [4.69, 9.17) is 0 Å². The quantitative estimate of drug-likeness (QED) is 0.485. The van der Waals surface area contributed by atoms with E-state index in [-0.39, 0.29) is 17.0 Å². The highest BCUT2D eigenvalue weighted by atomic mass is 32.1. The Labute approximate surface area is 175 Å². The van der Waals surface area contributed by atoms with Crippen LogP contribution in [0.1, 0.15) is 37.8 Å². The highest BCUT2D eigenvalue weighted by molar-refractivity contribution is 7.19. The zero-order valence-electron chi connectivity index (χ0n) is 16.8. The number of Topliss-reactive ketones (excluding diaryl/α,β-unsaturated/α-hetero) is 2. The van der Waals surface area contributed by atoms with Crippen molar-refractivity contribution >= 4 is 22.9 Å². The molecule has 0 aliphatic heterocycles. The number of carbonyl (C=O) groups excluding carboxylic acids is 2. The second-order valence-corrected chi connectivity index (χ2v) is 10.3. The molecule has 0 radical (unpaired) electrons. The van der Waals surface area contributed by atoms with Crippen LogP contribution in [0, 0.1) is 10.8 Å². The molecule has 1 aromatic heterocycles. The number of rotatable bonds is 2. The highest BCUT2D eigenvalue weighted by Crippen LogP contribution is 2.55. The molecule has 0 N–H and O–H groups in total. The van der Waals surface area contributed by atoms with Gasteiger partial charge in [0.25, 0.3) is 0 Å². The minimum atomic E-state index is -0.846. The van der Waals surface area contributed by atoms with Crippen molar-refractivity contribution in [1.82, 2.24) is 0 Å². The smallest absolute Gasteiger partial charge is 0.147 e. The first-order chi connectivity index (χ1) is 13.9. The molecule has 2 aliphatic rings. The Morgan fingerprint density at radius 2 is 1.07 bits per heavy atom. The fraction of sp³-hybridized carbons (Fsp3) is 0.308. The second kappa shape index (κ2) is 6.50. The first-order valence-corrected chi connectivity index (χ1v) is 11.0. The molecule has 1 spiro atoms. The molecule has 0 amide bonds. The van der Waals surface area contributed by atoms with Crippen LogP contribution in [0.3, 0.4) is 0 Å².